The van der Waals surface area contributed by atoms with Gasteiger partial charge in [0.1, 0.15) is 16.5 Å². The van der Waals surface area contributed by atoms with Crippen molar-refractivity contribution >= 4 is 38.4 Å². The predicted molar refractivity (Wildman–Crippen MR) is 72.7 cm³/mol. The Kier molecular flexibility index (Phi) is 5.30. The first-order chi connectivity index (χ1) is 8.32. The average Bonchev–Trinajstić information content (AvgIpc) is 2.70. The minimum absolute atomic E-state index is 0. The van der Waals surface area contributed by atoms with Crippen LogP contribution >= 0.6 is 28.3 Å². The normalized spacial score (nSPS) is 20.3. The van der Waals surface area contributed by atoms with E-state index in [-0.39, 0.29) is 36.0 Å². The smallest absolute Gasteiger partial charge is 0.246 e. The van der Waals surface area contributed by atoms with Gasteiger partial charge in [-0.25, -0.2) is 17.2 Å². The molecule has 0 amide bonds. The van der Waals surface area contributed by atoms with Crippen molar-refractivity contribution in [3.05, 3.63) is 28.2 Å². The van der Waals surface area contributed by atoms with Crippen molar-refractivity contribution in [1.82, 2.24) is 4.31 Å². The quantitative estimate of drug-likeness (QED) is 0.800. The van der Waals surface area contributed by atoms with Gasteiger partial charge in [0.05, 0.1) is 4.47 Å². The zero-order valence-electron chi connectivity index (χ0n) is 9.64. The van der Waals surface area contributed by atoms with Gasteiger partial charge in [-0.2, -0.15) is 4.31 Å². The Balaban J connectivity index is 0.00000180. The standard InChI is InChI=1S/C10H11BrF2N2O2S.ClH/c11-7-3-10(9(13)4-8(7)12)18(16,17)15-2-1-6(14)5-15;/h3-4,6H,1-2,5,14H2;1H. The number of halogens is 4. The predicted octanol–water partition coefficient (Wildman–Crippen LogP) is 1.87. The molecule has 1 heterocycles. The highest BCUT2D eigenvalue weighted by molar-refractivity contribution is 9.10. The molecule has 1 aliphatic rings. The van der Waals surface area contributed by atoms with Crippen LogP contribution in [0, 0.1) is 11.6 Å². The lowest BCUT2D eigenvalue weighted by Gasteiger charge is -2.16. The van der Waals surface area contributed by atoms with E-state index >= 15 is 0 Å². The van der Waals surface area contributed by atoms with Crippen LogP contribution in [0.2, 0.25) is 0 Å². The molecule has 4 nitrogen and oxygen atoms in total. The Morgan fingerprint density at radius 1 is 1.32 bits per heavy atom. The molecule has 1 saturated heterocycles. The molecule has 1 aromatic rings. The number of hydrogen-bond donors (Lipinski definition) is 1. The SMILES string of the molecule is Cl.NC1CCN(S(=O)(=O)c2cc(Br)c(F)cc2F)C1. The monoisotopic (exact) mass is 376 g/mol. The molecule has 1 unspecified atom stereocenters. The van der Waals surface area contributed by atoms with Crippen LogP contribution in [0.1, 0.15) is 6.42 Å². The van der Waals surface area contributed by atoms with E-state index in [9.17, 15) is 17.2 Å². The summed E-state index contributed by atoms with van der Waals surface area (Å²) in [7, 11) is -3.96. The molecule has 2 N–H and O–H groups in total. The summed E-state index contributed by atoms with van der Waals surface area (Å²) in [5.74, 6) is -1.94. The fraction of sp³-hybridized carbons (Fsp3) is 0.400. The summed E-state index contributed by atoms with van der Waals surface area (Å²) in [6.07, 6.45) is 0.531. The minimum atomic E-state index is -3.96. The molecule has 0 aliphatic carbocycles. The number of nitrogens with two attached hydrogens (primary N) is 1. The second kappa shape index (κ2) is 6.01. The summed E-state index contributed by atoms with van der Waals surface area (Å²) in [4.78, 5) is -0.537. The third-order valence-electron chi connectivity index (χ3n) is 2.78. The average molecular weight is 378 g/mol. The van der Waals surface area contributed by atoms with E-state index in [1.54, 1.807) is 0 Å². The van der Waals surface area contributed by atoms with Gasteiger partial charge in [0.25, 0.3) is 0 Å². The van der Waals surface area contributed by atoms with E-state index in [2.05, 4.69) is 15.9 Å². The van der Waals surface area contributed by atoms with E-state index in [0.717, 1.165) is 10.4 Å². The van der Waals surface area contributed by atoms with Crippen LogP contribution in [0.15, 0.2) is 21.5 Å². The molecule has 108 valence electrons. The van der Waals surface area contributed by atoms with Gasteiger partial charge in [-0.15, -0.1) is 12.4 Å². The Morgan fingerprint density at radius 2 is 1.95 bits per heavy atom. The van der Waals surface area contributed by atoms with Crippen LogP contribution in [0.5, 0.6) is 0 Å². The van der Waals surface area contributed by atoms with E-state index < -0.39 is 26.6 Å². The maximum Gasteiger partial charge on any atom is 0.246 e. The van der Waals surface area contributed by atoms with Crippen LogP contribution in [-0.2, 0) is 10.0 Å². The molecule has 0 radical (unpaired) electrons. The van der Waals surface area contributed by atoms with E-state index in [1.165, 1.54) is 0 Å². The van der Waals surface area contributed by atoms with Crippen LogP contribution < -0.4 is 5.73 Å². The summed E-state index contributed by atoms with van der Waals surface area (Å²) in [5, 5.41) is 0. The number of rotatable bonds is 2. The van der Waals surface area contributed by atoms with E-state index in [4.69, 9.17) is 5.73 Å². The lowest BCUT2D eigenvalue weighted by atomic mass is 10.3. The number of sulfonamides is 1. The van der Waals surface area contributed by atoms with Crippen molar-refractivity contribution in [2.24, 2.45) is 5.73 Å². The molecule has 19 heavy (non-hydrogen) atoms. The molecule has 0 bridgehead atoms. The topological polar surface area (TPSA) is 63.4 Å². The largest absolute Gasteiger partial charge is 0.326 e. The summed E-state index contributed by atoms with van der Waals surface area (Å²) in [6, 6.07) is 1.24. The minimum Gasteiger partial charge on any atom is -0.326 e. The summed E-state index contributed by atoms with van der Waals surface area (Å²) < 4.78 is 52.0. The van der Waals surface area contributed by atoms with Crippen LogP contribution in [0.25, 0.3) is 0 Å². The van der Waals surface area contributed by atoms with Gasteiger partial charge < -0.3 is 5.73 Å². The second-order valence-corrected chi connectivity index (χ2v) is 6.87. The molecular formula is C10H12BrClF2N2O2S. The molecule has 0 spiro atoms. The molecule has 1 atom stereocenters. The number of hydrogen-bond acceptors (Lipinski definition) is 3. The molecule has 9 heteroatoms. The van der Waals surface area contributed by atoms with Crippen molar-refractivity contribution < 1.29 is 17.2 Å². The van der Waals surface area contributed by atoms with Gasteiger partial charge in [-0.3, -0.25) is 0 Å². The first-order valence-corrected chi connectivity index (χ1v) is 7.46. The highest BCUT2D eigenvalue weighted by atomic mass is 79.9. The first-order valence-electron chi connectivity index (χ1n) is 5.22. The highest BCUT2D eigenvalue weighted by Gasteiger charge is 2.33. The molecule has 1 aliphatic heterocycles. The van der Waals surface area contributed by atoms with Gasteiger partial charge in [-0.05, 0) is 28.4 Å². The van der Waals surface area contributed by atoms with Crippen molar-refractivity contribution in [3.63, 3.8) is 0 Å². The van der Waals surface area contributed by atoms with Gasteiger partial charge in [0.15, 0.2) is 0 Å². The van der Waals surface area contributed by atoms with Gasteiger partial charge >= 0.3 is 0 Å². The molecule has 2 rings (SSSR count). The Labute approximate surface area is 124 Å². The first kappa shape index (κ1) is 16.8. The molecule has 1 aromatic carbocycles. The van der Waals surface area contributed by atoms with E-state index in [1.807, 2.05) is 0 Å². The van der Waals surface area contributed by atoms with Gasteiger partial charge in [-0.1, -0.05) is 0 Å². The fourth-order valence-electron chi connectivity index (χ4n) is 1.81. The van der Waals surface area contributed by atoms with Crippen LogP contribution in [0.3, 0.4) is 0 Å². The van der Waals surface area contributed by atoms with Crippen molar-refractivity contribution in [2.75, 3.05) is 13.1 Å². The van der Waals surface area contributed by atoms with Crippen molar-refractivity contribution in [1.29, 1.82) is 0 Å². The van der Waals surface area contributed by atoms with E-state index in [0.29, 0.717) is 12.5 Å². The maximum atomic E-state index is 13.6. The Bertz CT molecular complexity index is 585. The molecular weight excluding hydrogens is 366 g/mol. The third-order valence-corrected chi connectivity index (χ3v) is 5.27. The maximum absolute atomic E-state index is 13.6. The lowest BCUT2D eigenvalue weighted by Crippen LogP contribution is -2.32. The molecule has 0 aromatic heterocycles. The highest BCUT2D eigenvalue weighted by Crippen LogP contribution is 2.27. The van der Waals surface area contributed by atoms with Crippen LogP contribution in [-0.4, -0.2) is 31.9 Å². The van der Waals surface area contributed by atoms with Gasteiger partial charge in [0, 0.05) is 25.2 Å². The zero-order chi connectivity index (χ0) is 13.5. The number of nitrogens with zero attached hydrogens (tertiary/aromatic N) is 1. The second-order valence-electron chi connectivity index (χ2n) is 4.11. The lowest BCUT2D eigenvalue weighted by molar-refractivity contribution is 0.463. The number of benzene rings is 1. The Hall–Kier alpha value is -0.280. The fourth-order valence-corrected chi connectivity index (χ4v) is 3.89. The van der Waals surface area contributed by atoms with Crippen molar-refractivity contribution in [2.45, 2.75) is 17.4 Å². The van der Waals surface area contributed by atoms with Crippen molar-refractivity contribution in [3.8, 4) is 0 Å². The van der Waals surface area contributed by atoms with Crippen LogP contribution in [0.4, 0.5) is 8.78 Å². The Morgan fingerprint density at radius 3 is 2.47 bits per heavy atom. The zero-order valence-corrected chi connectivity index (χ0v) is 12.9. The third kappa shape index (κ3) is 3.25. The molecule has 0 saturated carbocycles. The summed E-state index contributed by atoms with van der Waals surface area (Å²) in [5.41, 5.74) is 5.62. The van der Waals surface area contributed by atoms with Gasteiger partial charge in [0.2, 0.25) is 10.0 Å². The summed E-state index contributed by atoms with van der Waals surface area (Å²) >= 11 is 2.84. The summed E-state index contributed by atoms with van der Waals surface area (Å²) in [6.45, 7) is 0.398. The molecule has 1 fully saturated rings.